The van der Waals surface area contributed by atoms with Crippen molar-refractivity contribution in [1.29, 1.82) is 0 Å². The molecule has 6 heteroatoms. The van der Waals surface area contributed by atoms with Gasteiger partial charge in [0.15, 0.2) is 11.9 Å². The quantitative estimate of drug-likeness (QED) is 0.719. The average molecular weight is 394 g/mol. The molecule has 1 saturated carbocycles. The molecule has 6 rings (SSSR count). The molecule has 1 unspecified atom stereocenters. The van der Waals surface area contributed by atoms with Crippen LogP contribution in [0, 0.1) is 23.7 Å². The molecule has 8 atom stereocenters. The molecule has 1 aliphatic carbocycles. The molecule has 27 heavy (non-hydrogen) atoms. The molecule has 0 amide bonds. The van der Waals surface area contributed by atoms with Gasteiger partial charge in [0.1, 0.15) is 6.23 Å². The maximum absolute atomic E-state index is 6.52. The van der Waals surface area contributed by atoms with Gasteiger partial charge in [-0.1, -0.05) is 31.5 Å². The molecule has 4 heterocycles. The molecule has 1 spiro atoms. The Labute approximate surface area is 165 Å². The van der Waals surface area contributed by atoms with Gasteiger partial charge in [0.25, 0.3) is 0 Å². The number of fused-ring (bicyclic) bond motifs is 2. The van der Waals surface area contributed by atoms with Gasteiger partial charge in [0, 0.05) is 29.0 Å². The Kier molecular flexibility index (Phi) is 4.26. The van der Waals surface area contributed by atoms with Crippen LogP contribution in [0.4, 0.5) is 5.69 Å². The van der Waals surface area contributed by atoms with Crippen LogP contribution in [0.5, 0.6) is 0 Å². The molecule has 0 aromatic heterocycles. The Morgan fingerprint density at radius 3 is 2.78 bits per heavy atom. The van der Waals surface area contributed by atoms with E-state index < -0.39 is 17.7 Å². The molecule has 2 bridgehead atoms. The van der Waals surface area contributed by atoms with Crippen LogP contribution in [-0.4, -0.2) is 23.9 Å². The van der Waals surface area contributed by atoms with Gasteiger partial charge in [-0.05, 0) is 56.2 Å². The number of anilines is 1. The molecule has 5 nitrogen and oxygen atoms in total. The van der Waals surface area contributed by atoms with Gasteiger partial charge in [-0.25, -0.2) is 9.78 Å². The minimum atomic E-state index is -0.737. The number of ether oxygens (including phenoxy) is 2. The normalized spacial score (nSPS) is 48.6. The summed E-state index contributed by atoms with van der Waals surface area (Å²) in [5.41, 5.74) is 0.442. The van der Waals surface area contributed by atoms with Gasteiger partial charge < -0.3 is 14.8 Å². The predicted octanol–water partition coefficient (Wildman–Crippen LogP) is 4.96. The summed E-state index contributed by atoms with van der Waals surface area (Å²) in [5, 5.41) is 4.23. The van der Waals surface area contributed by atoms with Gasteiger partial charge in [-0.3, -0.25) is 0 Å². The fourth-order valence-corrected chi connectivity index (χ4v) is 6.00. The van der Waals surface area contributed by atoms with Gasteiger partial charge >= 0.3 is 0 Å². The van der Waals surface area contributed by atoms with Crippen molar-refractivity contribution in [3.8, 4) is 0 Å². The third-order valence-corrected chi connectivity index (χ3v) is 7.53. The van der Waals surface area contributed by atoms with Crippen molar-refractivity contribution >= 4 is 17.3 Å². The van der Waals surface area contributed by atoms with E-state index in [0.717, 1.165) is 24.9 Å². The lowest BCUT2D eigenvalue weighted by atomic mass is 9.58. The molecule has 1 aromatic rings. The lowest BCUT2D eigenvalue weighted by Crippen LogP contribution is -2.71. The van der Waals surface area contributed by atoms with E-state index in [0.29, 0.717) is 22.8 Å². The van der Waals surface area contributed by atoms with Gasteiger partial charge in [0.05, 0.1) is 0 Å². The zero-order valence-corrected chi connectivity index (χ0v) is 16.9. The van der Waals surface area contributed by atoms with Crippen LogP contribution in [0.3, 0.4) is 0 Å². The highest BCUT2D eigenvalue weighted by Crippen LogP contribution is 2.60. The highest BCUT2D eigenvalue weighted by molar-refractivity contribution is 6.30. The van der Waals surface area contributed by atoms with Crippen LogP contribution in [0.2, 0.25) is 5.02 Å². The SMILES string of the molecule is C[C@@H]1CC[C@H]2[C@@H](C)C(Nc3cccc(Cl)c3)O[C@@H]3O[C@]4(C)CC[C@@H]1[C@]32OO4. The van der Waals surface area contributed by atoms with Gasteiger partial charge in [0.2, 0.25) is 5.79 Å². The van der Waals surface area contributed by atoms with Crippen molar-refractivity contribution < 1.29 is 19.2 Å². The van der Waals surface area contributed by atoms with E-state index in [2.05, 4.69) is 19.2 Å². The largest absolute Gasteiger partial charge is 0.360 e. The van der Waals surface area contributed by atoms with E-state index in [1.165, 1.54) is 6.42 Å². The second-order valence-electron chi connectivity index (χ2n) is 8.98. The van der Waals surface area contributed by atoms with Crippen molar-refractivity contribution in [2.45, 2.75) is 70.4 Å². The van der Waals surface area contributed by atoms with Crippen LogP contribution >= 0.6 is 11.6 Å². The summed E-state index contributed by atoms with van der Waals surface area (Å²) in [6, 6.07) is 7.76. The first-order chi connectivity index (χ1) is 12.9. The van der Waals surface area contributed by atoms with Crippen molar-refractivity contribution in [2.24, 2.45) is 23.7 Å². The Morgan fingerprint density at radius 1 is 1.11 bits per heavy atom. The minimum Gasteiger partial charge on any atom is -0.360 e. The predicted molar refractivity (Wildman–Crippen MR) is 102 cm³/mol. The Balaban J connectivity index is 1.49. The fourth-order valence-electron chi connectivity index (χ4n) is 5.81. The maximum Gasteiger partial charge on any atom is 0.201 e. The highest BCUT2D eigenvalue weighted by Gasteiger charge is 2.69. The summed E-state index contributed by atoms with van der Waals surface area (Å²) in [6.07, 6.45) is 3.59. The number of hydrogen-bond acceptors (Lipinski definition) is 5. The molecule has 0 radical (unpaired) electrons. The van der Waals surface area contributed by atoms with E-state index in [-0.39, 0.29) is 12.1 Å². The number of rotatable bonds is 2. The van der Waals surface area contributed by atoms with E-state index in [1.54, 1.807) is 0 Å². The lowest BCUT2D eigenvalue weighted by molar-refractivity contribution is -0.570. The number of hydrogen-bond donors (Lipinski definition) is 1. The van der Waals surface area contributed by atoms with E-state index in [9.17, 15) is 0 Å². The summed E-state index contributed by atoms with van der Waals surface area (Å²) >= 11 is 6.16. The summed E-state index contributed by atoms with van der Waals surface area (Å²) in [4.78, 5) is 12.0. The van der Waals surface area contributed by atoms with Crippen LogP contribution in [0.25, 0.3) is 0 Å². The molecule has 1 aromatic carbocycles. The van der Waals surface area contributed by atoms with Crippen molar-refractivity contribution in [3.63, 3.8) is 0 Å². The first-order valence-electron chi connectivity index (χ1n) is 10.1. The molecule has 1 N–H and O–H groups in total. The fraction of sp³-hybridized carbons (Fsp3) is 0.714. The van der Waals surface area contributed by atoms with Crippen molar-refractivity contribution in [1.82, 2.24) is 0 Å². The van der Waals surface area contributed by atoms with Crippen LogP contribution in [0.15, 0.2) is 24.3 Å². The second kappa shape index (κ2) is 6.33. The number of nitrogens with one attached hydrogen (secondary N) is 1. The van der Waals surface area contributed by atoms with Crippen molar-refractivity contribution in [2.75, 3.05) is 5.32 Å². The molecule has 148 valence electrons. The van der Waals surface area contributed by atoms with Crippen LogP contribution < -0.4 is 5.32 Å². The summed E-state index contributed by atoms with van der Waals surface area (Å²) in [5.74, 6) is 0.796. The maximum atomic E-state index is 6.52. The van der Waals surface area contributed by atoms with E-state index in [1.807, 2.05) is 31.2 Å². The van der Waals surface area contributed by atoms with Crippen molar-refractivity contribution in [3.05, 3.63) is 29.3 Å². The molecular weight excluding hydrogens is 366 g/mol. The lowest BCUT2D eigenvalue weighted by Gasteiger charge is -2.60. The van der Waals surface area contributed by atoms with Gasteiger partial charge in [-0.2, -0.15) is 0 Å². The summed E-state index contributed by atoms with van der Waals surface area (Å²) < 4.78 is 12.9. The summed E-state index contributed by atoms with van der Waals surface area (Å²) in [7, 11) is 0. The van der Waals surface area contributed by atoms with Gasteiger partial charge in [-0.15, -0.1) is 0 Å². The van der Waals surface area contributed by atoms with Crippen LogP contribution in [0.1, 0.15) is 46.5 Å². The zero-order valence-electron chi connectivity index (χ0n) is 16.1. The Bertz CT molecular complexity index is 732. The Morgan fingerprint density at radius 2 is 1.96 bits per heavy atom. The Hall–Kier alpha value is -0.850. The van der Waals surface area contributed by atoms with Crippen LogP contribution in [-0.2, 0) is 19.2 Å². The second-order valence-corrected chi connectivity index (χ2v) is 9.42. The third kappa shape index (κ3) is 2.74. The van der Waals surface area contributed by atoms with E-state index >= 15 is 0 Å². The summed E-state index contributed by atoms with van der Waals surface area (Å²) in [6.45, 7) is 6.53. The monoisotopic (exact) mass is 393 g/mol. The van der Waals surface area contributed by atoms with E-state index in [4.69, 9.17) is 30.8 Å². The first-order valence-corrected chi connectivity index (χ1v) is 10.5. The molecule has 4 saturated heterocycles. The third-order valence-electron chi connectivity index (χ3n) is 7.29. The molecular formula is C21H28ClNO4. The average Bonchev–Trinajstić information content (AvgIpc) is 2.86. The minimum absolute atomic E-state index is 0.162. The molecule has 5 aliphatic rings. The topological polar surface area (TPSA) is 49.0 Å². The number of halogens is 1. The zero-order chi connectivity index (χ0) is 18.8. The standard InChI is InChI=1S/C21H28ClNO4/c1-12-7-8-17-13(2)18(23-15-6-4-5-14(22)11-15)24-19-21(17)16(12)9-10-20(3,25-19)26-27-21/h4-6,11-13,16-19,23H,7-10H2,1-3H3/t12-,13-,16+,17+,18?,19-,20+,21-/m1/s1. The molecule has 4 aliphatic heterocycles. The highest BCUT2D eigenvalue weighted by atomic mass is 35.5. The molecule has 5 fully saturated rings. The number of benzene rings is 1. The first kappa shape index (κ1) is 18.2. The smallest absolute Gasteiger partial charge is 0.201 e.